The third-order valence-corrected chi connectivity index (χ3v) is 4.46. The highest BCUT2D eigenvalue weighted by Crippen LogP contribution is 2.17. The summed E-state index contributed by atoms with van der Waals surface area (Å²) in [6.45, 7) is -0.846. The molecule has 10 heteroatoms. The third-order valence-electron chi connectivity index (χ3n) is 4.46. The van der Waals surface area contributed by atoms with E-state index in [2.05, 4.69) is 10.6 Å². The summed E-state index contributed by atoms with van der Waals surface area (Å²) in [5, 5.41) is 5.26. The van der Waals surface area contributed by atoms with Crippen LogP contribution in [0.2, 0.25) is 0 Å². The number of ether oxygens (including phenoxy) is 2. The van der Waals surface area contributed by atoms with E-state index >= 15 is 0 Å². The Morgan fingerprint density at radius 2 is 1.34 bits per heavy atom. The van der Waals surface area contributed by atoms with Crippen molar-refractivity contribution in [1.29, 1.82) is 0 Å². The number of nitrogens with zero attached hydrogens (tertiary/aromatic N) is 2. The lowest BCUT2D eigenvalue weighted by Gasteiger charge is -2.11. The molecule has 3 rings (SSSR count). The highest BCUT2D eigenvalue weighted by Gasteiger charge is 2.13. The molecule has 0 unspecified atom stereocenters. The first-order valence-corrected chi connectivity index (χ1v) is 9.57. The molecular weight excluding hydrogens is 416 g/mol. The van der Waals surface area contributed by atoms with E-state index in [1.807, 2.05) is 0 Å². The Hall–Kier alpha value is -4.34. The van der Waals surface area contributed by atoms with Crippen molar-refractivity contribution in [2.45, 2.75) is 13.1 Å². The van der Waals surface area contributed by atoms with Crippen LogP contribution < -0.4 is 31.4 Å². The molecule has 0 spiro atoms. The summed E-state index contributed by atoms with van der Waals surface area (Å²) >= 11 is 0. The number of benzene rings is 2. The van der Waals surface area contributed by atoms with Crippen molar-refractivity contribution in [2.75, 3.05) is 24.9 Å². The molecule has 1 aromatic heterocycles. The lowest BCUT2D eigenvalue weighted by Crippen LogP contribution is -2.43. The van der Waals surface area contributed by atoms with Gasteiger partial charge in [0.15, 0.2) is 0 Å². The van der Waals surface area contributed by atoms with Crippen molar-refractivity contribution < 1.29 is 19.1 Å². The standard InChI is InChI=1S/C22H22N4O6/c1-31-17-7-3-5-15(11-17)23-19(27)13-25-10-9-21(29)26(22(25)30)14-20(28)24-16-6-4-8-18(12-16)32-2/h3-12H,13-14H2,1-2H3,(H,23,27)(H,24,28). The van der Waals surface area contributed by atoms with E-state index in [-0.39, 0.29) is 6.54 Å². The maximum atomic E-state index is 12.7. The molecule has 0 fully saturated rings. The fourth-order valence-corrected chi connectivity index (χ4v) is 2.92. The van der Waals surface area contributed by atoms with Crippen LogP contribution >= 0.6 is 0 Å². The molecule has 0 aliphatic heterocycles. The van der Waals surface area contributed by atoms with Gasteiger partial charge in [0.1, 0.15) is 24.6 Å². The molecule has 2 amide bonds. The van der Waals surface area contributed by atoms with Crippen LogP contribution in [0, 0.1) is 0 Å². The van der Waals surface area contributed by atoms with Crippen molar-refractivity contribution in [3.8, 4) is 11.5 Å². The van der Waals surface area contributed by atoms with Crippen LogP contribution in [0.25, 0.3) is 0 Å². The minimum Gasteiger partial charge on any atom is -0.497 e. The molecule has 0 atom stereocenters. The normalized spacial score (nSPS) is 10.3. The van der Waals surface area contributed by atoms with Gasteiger partial charge >= 0.3 is 5.69 Å². The van der Waals surface area contributed by atoms with Crippen LogP contribution in [0.4, 0.5) is 11.4 Å². The highest BCUT2D eigenvalue weighted by molar-refractivity contribution is 5.91. The SMILES string of the molecule is COc1cccc(NC(=O)Cn2ccc(=O)n(CC(=O)Nc3cccc(OC)c3)c2=O)c1. The van der Waals surface area contributed by atoms with Gasteiger partial charge < -0.3 is 20.1 Å². The molecule has 0 saturated carbocycles. The lowest BCUT2D eigenvalue weighted by molar-refractivity contribution is -0.117. The van der Waals surface area contributed by atoms with Crippen LogP contribution in [0.5, 0.6) is 11.5 Å². The van der Waals surface area contributed by atoms with Crippen LogP contribution in [0.3, 0.4) is 0 Å². The molecule has 3 aromatic rings. The average Bonchev–Trinajstić information content (AvgIpc) is 2.78. The van der Waals surface area contributed by atoms with Crippen LogP contribution in [0.1, 0.15) is 0 Å². The largest absolute Gasteiger partial charge is 0.497 e. The molecule has 1 heterocycles. The Labute approximate surface area is 183 Å². The molecule has 32 heavy (non-hydrogen) atoms. The van der Waals surface area contributed by atoms with Crippen LogP contribution in [0.15, 0.2) is 70.4 Å². The molecule has 166 valence electrons. The van der Waals surface area contributed by atoms with Crippen molar-refractivity contribution in [3.05, 3.63) is 81.6 Å². The van der Waals surface area contributed by atoms with Gasteiger partial charge in [0.25, 0.3) is 5.56 Å². The van der Waals surface area contributed by atoms with Gasteiger partial charge in [0.05, 0.1) is 14.2 Å². The molecular formula is C22H22N4O6. The van der Waals surface area contributed by atoms with Crippen molar-refractivity contribution in [1.82, 2.24) is 9.13 Å². The molecule has 0 saturated heterocycles. The fourth-order valence-electron chi connectivity index (χ4n) is 2.92. The summed E-state index contributed by atoms with van der Waals surface area (Å²) in [4.78, 5) is 49.6. The maximum Gasteiger partial charge on any atom is 0.331 e. The molecule has 10 nitrogen and oxygen atoms in total. The number of methoxy groups -OCH3 is 2. The molecule has 2 N–H and O–H groups in total. The van der Waals surface area contributed by atoms with Gasteiger partial charge in [-0.2, -0.15) is 0 Å². The lowest BCUT2D eigenvalue weighted by atomic mass is 10.3. The molecule has 0 aliphatic rings. The monoisotopic (exact) mass is 438 g/mol. The van der Waals surface area contributed by atoms with Gasteiger partial charge in [-0.25, -0.2) is 4.79 Å². The summed E-state index contributed by atoms with van der Waals surface area (Å²) in [5.41, 5.74) is -0.482. The number of amides is 2. The topological polar surface area (TPSA) is 121 Å². The van der Waals surface area contributed by atoms with E-state index in [1.54, 1.807) is 48.5 Å². The number of anilines is 2. The molecule has 0 radical (unpaired) electrons. The predicted molar refractivity (Wildman–Crippen MR) is 118 cm³/mol. The summed E-state index contributed by atoms with van der Waals surface area (Å²) in [6, 6.07) is 14.5. The van der Waals surface area contributed by atoms with Crippen LogP contribution in [-0.2, 0) is 22.7 Å². The highest BCUT2D eigenvalue weighted by atomic mass is 16.5. The number of aromatic nitrogens is 2. The number of hydrogen-bond acceptors (Lipinski definition) is 6. The summed E-state index contributed by atoms with van der Waals surface area (Å²) in [7, 11) is 3.01. The van der Waals surface area contributed by atoms with Gasteiger partial charge in [-0.15, -0.1) is 0 Å². The van der Waals surface area contributed by atoms with Gasteiger partial charge in [0, 0.05) is 35.8 Å². The minimum atomic E-state index is -0.779. The van der Waals surface area contributed by atoms with E-state index in [0.29, 0.717) is 22.9 Å². The number of carbonyl (C=O) groups is 2. The molecule has 2 aromatic carbocycles. The van der Waals surface area contributed by atoms with Crippen LogP contribution in [-0.4, -0.2) is 35.2 Å². The first-order valence-electron chi connectivity index (χ1n) is 9.57. The summed E-state index contributed by atoms with van der Waals surface area (Å²) in [6.07, 6.45) is 1.21. The van der Waals surface area contributed by atoms with Crippen molar-refractivity contribution >= 4 is 23.2 Å². The van der Waals surface area contributed by atoms with E-state index < -0.39 is 29.6 Å². The number of rotatable bonds is 8. The Morgan fingerprint density at radius 1 is 0.812 bits per heavy atom. The second-order valence-corrected chi connectivity index (χ2v) is 6.71. The number of nitrogens with one attached hydrogen (secondary N) is 2. The summed E-state index contributed by atoms with van der Waals surface area (Å²) < 4.78 is 12.0. The van der Waals surface area contributed by atoms with E-state index in [1.165, 1.54) is 20.4 Å². The Morgan fingerprint density at radius 3 is 1.88 bits per heavy atom. The molecule has 0 aliphatic carbocycles. The Kier molecular flexibility index (Phi) is 7.06. The first-order chi connectivity index (χ1) is 15.4. The van der Waals surface area contributed by atoms with E-state index in [4.69, 9.17) is 9.47 Å². The second-order valence-electron chi connectivity index (χ2n) is 6.71. The third kappa shape index (κ3) is 5.63. The predicted octanol–water partition coefficient (Wildman–Crippen LogP) is 1.30. The van der Waals surface area contributed by atoms with Crippen molar-refractivity contribution in [2.24, 2.45) is 0 Å². The quantitative estimate of drug-likeness (QED) is 0.547. The smallest absolute Gasteiger partial charge is 0.331 e. The number of hydrogen-bond donors (Lipinski definition) is 2. The zero-order chi connectivity index (χ0) is 23.1. The minimum absolute atomic E-state index is 0.339. The fraction of sp³-hybridized carbons (Fsp3) is 0.182. The summed E-state index contributed by atoms with van der Waals surface area (Å²) in [5.74, 6) is 0.0575. The Bertz CT molecular complexity index is 1250. The zero-order valence-electron chi connectivity index (χ0n) is 17.5. The van der Waals surface area contributed by atoms with Gasteiger partial charge in [-0.1, -0.05) is 12.1 Å². The van der Waals surface area contributed by atoms with Crippen molar-refractivity contribution in [3.63, 3.8) is 0 Å². The van der Waals surface area contributed by atoms with E-state index in [9.17, 15) is 19.2 Å². The molecule has 0 bridgehead atoms. The number of carbonyl (C=O) groups excluding carboxylic acids is 2. The van der Waals surface area contributed by atoms with Gasteiger partial charge in [-0.05, 0) is 24.3 Å². The second kappa shape index (κ2) is 10.1. The van der Waals surface area contributed by atoms with E-state index in [0.717, 1.165) is 15.2 Å². The maximum absolute atomic E-state index is 12.7. The Balaban J connectivity index is 1.71. The first kappa shape index (κ1) is 22.3. The average molecular weight is 438 g/mol. The van der Waals surface area contributed by atoms with Gasteiger partial charge in [-0.3, -0.25) is 23.5 Å². The van der Waals surface area contributed by atoms with Gasteiger partial charge in [0.2, 0.25) is 11.8 Å². The zero-order valence-corrected chi connectivity index (χ0v) is 17.5.